The summed E-state index contributed by atoms with van der Waals surface area (Å²) in [5, 5.41) is 5.16. The summed E-state index contributed by atoms with van der Waals surface area (Å²) in [7, 11) is 1.46. The molecule has 29 heavy (non-hydrogen) atoms. The fourth-order valence-corrected chi connectivity index (χ4v) is 2.57. The number of methoxy groups -OCH3 is 1. The van der Waals surface area contributed by atoms with E-state index in [9.17, 15) is 14.4 Å². The molecule has 2 N–H and O–H groups in total. The van der Waals surface area contributed by atoms with Gasteiger partial charge in [-0.15, -0.1) is 0 Å². The van der Waals surface area contributed by atoms with E-state index in [1.54, 1.807) is 36.4 Å². The van der Waals surface area contributed by atoms with E-state index in [0.717, 1.165) is 5.56 Å². The number of nitrogens with one attached hydrogen (secondary N) is 2. The van der Waals surface area contributed by atoms with Gasteiger partial charge < -0.3 is 20.1 Å². The third-order valence-electron chi connectivity index (χ3n) is 4.27. The van der Waals surface area contributed by atoms with Gasteiger partial charge in [0.1, 0.15) is 12.3 Å². The molecule has 1 atom stereocenters. The fourth-order valence-electron chi connectivity index (χ4n) is 2.57. The lowest BCUT2D eigenvalue weighted by atomic mass is 10.0. The molecule has 2 aromatic rings. The lowest BCUT2D eigenvalue weighted by Crippen LogP contribution is -2.36. The molecule has 2 aromatic carbocycles. The maximum atomic E-state index is 12.2. The van der Waals surface area contributed by atoms with Crippen LogP contribution in [0, 0.1) is 0 Å². The van der Waals surface area contributed by atoms with E-state index in [0.29, 0.717) is 22.9 Å². The first-order chi connectivity index (χ1) is 13.8. The predicted octanol–water partition coefficient (Wildman–Crippen LogP) is 3.12. The van der Waals surface area contributed by atoms with Crippen LogP contribution < -0.4 is 15.4 Å². The number of anilines is 1. The molecular formula is C22H26N2O5. The van der Waals surface area contributed by atoms with Crippen molar-refractivity contribution in [2.24, 2.45) is 0 Å². The summed E-state index contributed by atoms with van der Waals surface area (Å²) in [5.74, 6) is -0.847. The normalized spacial score (nSPS) is 11.5. The number of esters is 1. The van der Waals surface area contributed by atoms with E-state index in [1.807, 2.05) is 12.1 Å². The minimum atomic E-state index is -1.00. The number of ether oxygens (including phenoxy) is 2. The molecule has 0 aromatic heterocycles. The largest absolute Gasteiger partial charge is 0.496 e. The van der Waals surface area contributed by atoms with Crippen molar-refractivity contribution in [3.05, 3.63) is 59.7 Å². The van der Waals surface area contributed by atoms with Crippen LogP contribution >= 0.6 is 0 Å². The summed E-state index contributed by atoms with van der Waals surface area (Å²) in [4.78, 5) is 36.4. The summed E-state index contributed by atoms with van der Waals surface area (Å²) in [6, 6.07) is 14.1. The molecule has 0 bridgehead atoms. The highest BCUT2D eigenvalue weighted by molar-refractivity contribution is 5.99. The molecular weight excluding hydrogens is 372 g/mol. The van der Waals surface area contributed by atoms with Gasteiger partial charge in [-0.3, -0.25) is 14.4 Å². The van der Waals surface area contributed by atoms with Crippen LogP contribution in [0.25, 0.3) is 0 Å². The number of hydrogen-bond donors (Lipinski definition) is 2. The predicted molar refractivity (Wildman–Crippen MR) is 110 cm³/mol. The minimum Gasteiger partial charge on any atom is -0.496 e. The molecule has 154 valence electrons. The van der Waals surface area contributed by atoms with Gasteiger partial charge in [-0.25, -0.2) is 0 Å². The zero-order valence-electron chi connectivity index (χ0n) is 17.0. The lowest BCUT2D eigenvalue weighted by Gasteiger charge is -2.15. The smallest absolute Gasteiger partial charge is 0.326 e. The Labute approximate surface area is 170 Å². The van der Waals surface area contributed by atoms with E-state index >= 15 is 0 Å². The molecule has 0 heterocycles. The number of benzene rings is 2. The van der Waals surface area contributed by atoms with Gasteiger partial charge in [0.2, 0.25) is 0 Å². The van der Waals surface area contributed by atoms with Gasteiger partial charge >= 0.3 is 5.97 Å². The number of carbonyl (C=O) groups excluding carboxylic acids is 3. The Hall–Kier alpha value is -3.35. The van der Waals surface area contributed by atoms with Gasteiger partial charge in [0.05, 0.1) is 12.7 Å². The maximum absolute atomic E-state index is 12.2. The van der Waals surface area contributed by atoms with Crippen LogP contribution in [0.5, 0.6) is 5.75 Å². The summed E-state index contributed by atoms with van der Waals surface area (Å²) in [6.07, 6.45) is -1.00. The van der Waals surface area contributed by atoms with Crippen molar-refractivity contribution in [2.45, 2.75) is 32.8 Å². The molecule has 0 radical (unpaired) electrons. The Balaban J connectivity index is 1.83. The highest BCUT2D eigenvalue weighted by Crippen LogP contribution is 2.18. The van der Waals surface area contributed by atoms with Crippen molar-refractivity contribution in [2.75, 3.05) is 19.0 Å². The monoisotopic (exact) mass is 398 g/mol. The van der Waals surface area contributed by atoms with Gasteiger partial charge in [-0.1, -0.05) is 38.1 Å². The van der Waals surface area contributed by atoms with E-state index in [2.05, 4.69) is 24.5 Å². The van der Waals surface area contributed by atoms with Gasteiger partial charge in [0.15, 0.2) is 6.10 Å². The third kappa shape index (κ3) is 6.34. The van der Waals surface area contributed by atoms with Crippen molar-refractivity contribution in [1.82, 2.24) is 5.32 Å². The first-order valence-corrected chi connectivity index (χ1v) is 9.33. The van der Waals surface area contributed by atoms with Crippen LogP contribution in [0.3, 0.4) is 0 Å². The van der Waals surface area contributed by atoms with Crippen LogP contribution in [-0.4, -0.2) is 37.5 Å². The molecule has 0 aliphatic carbocycles. The molecule has 0 unspecified atom stereocenters. The Bertz CT molecular complexity index is 862. The van der Waals surface area contributed by atoms with Crippen molar-refractivity contribution in [1.29, 1.82) is 0 Å². The molecule has 7 nitrogen and oxygen atoms in total. The highest BCUT2D eigenvalue weighted by Gasteiger charge is 2.19. The van der Waals surface area contributed by atoms with Gasteiger partial charge in [0.25, 0.3) is 11.8 Å². The van der Waals surface area contributed by atoms with Crippen LogP contribution in [0.4, 0.5) is 5.69 Å². The molecule has 2 amide bonds. The molecule has 0 saturated carbocycles. The Morgan fingerprint density at radius 1 is 0.966 bits per heavy atom. The molecule has 2 rings (SSSR count). The van der Waals surface area contributed by atoms with E-state index < -0.39 is 23.9 Å². The highest BCUT2D eigenvalue weighted by atomic mass is 16.5. The van der Waals surface area contributed by atoms with Crippen LogP contribution in [0.2, 0.25) is 0 Å². The molecule has 7 heteroatoms. The van der Waals surface area contributed by atoms with Crippen molar-refractivity contribution in [3.63, 3.8) is 0 Å². The van der Waals surface area contributed by atoms with E-state index in [-0.39, 0.29) is 6.54 Å². The zero-order chi connectivity index (χ0) is 21.4. The van der Waals surface area contributed by atoms with E-state index in [1.165, 1.54) is 14.0 Å². The minimum absolute atomic E-state index is 0.304. The van der Waals surface area contributed by atoms with Crippen LogP contribution in [0.15, 0.2) is 48.5 Å². The average Bonchev–Trinajstić information content (AvgIpc) is 2.72. The van der Waals surface area contributed by atoms with E-state index in [4.69, 9.17) is 9.47 Å². The second-order valence-electron chi connectivity index (χ2n) is 6.78. The maximum Gasteiger partial charge on any atom is 0.326 e. The quantitative estimate of drug-likeness (QED) is 0.667. The number of amides is 2. The SMILES string of the molecule is COc1ccccc1C(=O)NCC(=O)O[C@@H](C)C(=O)Nc1ccc(C(C)C)cc1. The summed E-state index contributed by atoms with van der Waals surface area (Å²) >= 11 is 0. The summed E-state index contributed by atoms with van der Waals surface area (Å²) < 4.78 is 10.2. The fraction of sp³-hybridized carbons (Fsp3) is 0.318. The first-order valence-electron chi connectivity index (χ1n) is 9.33. The van der Waals surface area contributed by atoms with Crippen LogP contribution in [-0.2, 0) is 14.3 Å². The Morgan fingerprint density at radius 3 is 2.24 bits per heavy atom. The molecule has 0 aliphatic rings. The molecule has 0 aliphatic heterocycles. The Morgan fingerprint density at radius 2 is 1.62 bits per heavy atom. The molecule has 0 spiro atoms. The number of hydrogen-bond acceptors (Lipinski definition) is 5. The number of rotatable bonds is 8. The molecule has 0 fully saturated rings. The topological polar surface area (TPSA) is 93.7 Å². The molecule has 0 saturated heterocycles. The van der Waals surface area contributed by atoms with Gasteiger partial charge in [0, 0.05) is 5.69 Å². The third-order valence-corrected chi connectivity index (χ3v) is 4.27. The number of para-hydroxylation sites is 1. The lowest BCUT2D eigenvalue weighted by molar-refractivity contribution is -0.152. The van der Waals surface area contributed by atoms with Crippen molar-refractivity contribution in [3.8, 4) is 5.75 Å². The first kappa shape index (κ1) is 21.9. The van der Waals surface area contributed by atoms with Crippen LogP contribution in [0.1, 0.15) is 42.6 Å². The van der Waals surface area contributed by atoms with Gasteiger partial charge in [-0.2, -0.15) is 0 Å². The standard InChI is InChI=1S/C22H26N2O5/c1-14(2)16-9-11-17(12-10-16)24-21(26)15(3)29-20(25)13-23-22(27)18-7-5-6-8-19(18)28-4/h5-12,14-15H,13H2,1-4H3,(H,23,27)(H,24,26)/t15-/m0/s1. The van der Waals surface area contributed by atoms with Crippen molar-refractivity contribution >= 4 is 23.5 Å². The summed E-state index contributed by atoms with van der Waals surface area (Å²) in [6.45, 7) is 5.28. The second-order valence-corrected chi connectivity index (χ2v) is 6.78. The average molecular weight is 398 g/mol. The zero-order valence-corrected chi connectivity index (χ0v) is 17.0. The second kappa shape index (κ2) is 10.3. The summed E-state index contributed by atoms with van der Waals surface area (Å²) in [5.41, 5.74) is 2.08. The van der Waals surface area contributed by atoms with Gasteiger partial charge in [-0.05, 0) is 42.7 Å². The Kier molecular flexibility index (Phi) is 7.77. The number of carbonyl (C=O) groups is 3. The van der Waals surface area contributed by atoms with Crippen molar-refractivity contribution < 1.29 is 23.9 Å².